The van der Waals surface area contributed by atoms with Gasteiger partial charge in [-0.25, -0.2) is 4.79 Å². The van der Waals surface area contributed by atoms with E-state index < -0.39 is 16.9 Å². The number of fused-ring (bicyclic) bond motifs is 2. The smallest absolute Gasteiger partial charge is 0.328 e. The van der Waals surface area contributed by atoms with E-state index in [-0.39, 0.29) is 12.1 Å². The molecule has 0 aliphatic carbocycles. The molecule has 0 amide bonds. The molecule has 2 N–H and O–H groups in total. The van der Waals surface area contributed by atoms with Crippen molar-refractivity contribution in [2.45, 2.75) is 22.6 Å². The zero-order chi connectivity index (χ0) is 29.4. The molecule has 206 valence electrons. The van der Waals surface area contributed by atoms with Crippen LogP contribution in [0.2, 0.25) is 5.02 Å². The Bertz CT molecular complexity index is 1710. The van der Waals surface area contributed by atoms with E-state index in [4.69, 9.17) is 21.8 Å². The highest BCUT2D eigenvalue weighted by Gasteiger charge is 2.15. The zero-order valence-corrected chi connectivity index (χ0v) is 23.1. The number of rotatable bonds is 8. The molecule has 0 radical (unpaired) electrons. The van der Waals surface area contributed by atoms with Gasteiger partial charge in [-0.3, -0.25) is 14.9 Å². The summed E-state index contributed by atoms with van der Waals surface area (Å²) in [5.41, 5.74) is 1.51. The van der Waals surface area contributed by atoms with Gasteiger partial charge in [0.25, 0.3) is 5.69 Å². The molecule has 5 aromatic rings. The Hall–Kier alpha value is -4.66. The first kappa shape index (κ1) is 29.3. The largest absolute Gasteiger partial charge is 0.481 e. The third-order valence-electron chi connectivity index (χ3n) is 6.11. The van der Waals surface area contributed by atoms with Crippen molar-refractivity contribution in [2.24, 2.45) is 0 Å². The molecule has 0 saturated heterocycles. The van der Waals surface area contributed by atoms with Crippen LogP contribution in [0.3, 0.4) is 0 Å². The average Bonchev–Trinajstić information content (AvgIpc) is 2.96. The Kier molecular flexibility index (Phi) is 9.73. The molecule has 7 nitrogen and oxygen atoms in total. The number of carboxylic acid groups (broad SMARTS) is 2. The van der Waals surface area contributed by atoms with E-state index >= 15 is 0 Å². The van der Waals surface area contributed by atoms with Crippen molar-refractivity contribution >= 4 is 68.6 Å². The van der Waals surface area contributed by atoms with Gasteiger partial charge in [0.05, 0.1) is 9.82 Å². The van der Waals surface area contributed by atoms with Crippen molar-refractivity contribution < 1.29 is 24.7 Å². The average molecular weight is 586 g/mol. The highest BCUT2D eigenvalue weighted by atomic mass is 35.5. The Morgan fingerprint density at radius 2 is 1.46 bits per heavy atom. The predicted molar refractivity (Wildman–Crippen MR) is 163 cm³/mol. The Morgan fingerprint density at radius 3 is 2.02 bits per heavy atom. The van der Waals surface area contributed by atoms with Crippen LogP contribution < -0.4 is 0 Å². The fraction of sp³-hybridized carbons (Fsp3) is 0.0625. The van der Waals surface area contributed by atoms with E-state index in [1.807, 2.05) is 24.3 Å². The monoisotopic (exact) mass is 585 g/mol. The number of hydrogen-bond acceptors (Lipinski definition) is 5. The van der Waals surface area contributed by atoms with E-state index in [0.717, 1.165) is 27.3 Å². The number of carboxylic acids is 2. The summed E-state index contributed by atoms with van der Waals surface area (Å²) in [4.78, 5) is 33.3. The van der Waals surface area contributed by atoms with E-state index in [9.17, 15) is 19.7 Å². The minimum Gasteiger partial charge on any atom is -0.481 e. The number of hydrogen-bond donors (Lipinski definition) is 2. The lowest BCUT2D eigenvalue weighted by Crippen LogP contribution is -1.99. The van der Waals surface area contributed by atoms with Crippen LogP contribution in [-0.4, -0.2) is 27.1 Å². The Labute approximate surface area is 244 Å². The molecule has 0 aromatic heterocycles. The molecule has 0 saturated carbocycles. The van der Waals surface area contributed by atoms with Gasteiger partial charge >= 0.3 is 11.9 Å². The first-order valence-electron chi connectivity index (χ1n) is 12.5. The number of carbonyl (C=O) groups is 2. The van der Waals surface area contributed by atoms with Gasteiger partial charge in [-0.15, -0.1) is 0 Å². The van der Waals surface area contributed by atoms with Crippen LogP contribution in [0.4, 0.5) is 5.69 Å². The molecule has 0 aliphatic heterocycles. The molecule has 9 heteroatoms. The maximum Gasteiger partial charge on any atom is 0.328 e. The van der Waals surface area contributed by atoms with Gasteiger partial charge < -0.3 is 10.2 Å². The van der Waals surface area contributed by atoms with Crippen LogP contribution in [-0.2, 0) is 16.0 Å². The molecule has 41 heavy (non-hydrogen) atoms. The maximum atomic E-state index is 11.2. The predicted octanol–water partition coefficient (Wildman–Crippen LogP) is 8.51. The van der Waals surface area contributed by atoms with Gasteiger partial charge in [-0.05, 0) is 81.6 Å². The summed E-state index contributed by atoms with van der Waals surface area (Å²) in [5, 5.41) is 33.9. The lowest BCUT2D eigenvalue weighted by molar-refractivity contribution is -0.387. The molecule has 0 unspecified atom stereocenters. The fourth-order valence-electron chi connectivity index (χ4n) is 4.27. The van der Waals surface area contributed by atoms with Gasteiger partial charge in [-0.2, -0.15) is 0 Å². The number of benzene rings is 5. The van der Waals surface area contributed by atoms with Gasteiger partial charge in [0, 0.05) is 28.5 Å². The van der Waals surface area contributed by atoms with Crippen molar-refractivity contribution in [2.75, 3.05) is 0 Å². The lowest BCUT2D eigenvalue weighted by atomic mass is 9.94. The number of nitro groups is 1. The van der Waals surface area contributed by atoms with E-state index in [1.165, 1.54) is 34.7 Å². The second-order valence-electron chi connectivity index (χ2n) is 8.90. The molecule has 0 atom stereocenters. The molecular weight excluding hydrogens is 562 g/mol. The van der Waals surface area contributed by atoms with Crippen molar-refractivity contribution in [3.63, 3.8) is 0 Å². The third kappa shape index (κ3) is 7.94. The Balaban J connectivity index is 0.000000191. The highest BCUT2D eigenvalue weighted by Crippen LogP contribution is 2.36. The van der Waals surface area contributed by atoms with Crippen LogP contribution in [0, 0.1) is 10.1 Å². The third-order valence-corrected chi connectivity index (χ3v) is 7.44. The van der Waals surface area contributed by atoms with Crippen molar-refractivity contribution in [1.29, 1.82) is 0 Å². The molecule has 0 aliphatic rings. The van der Waals surface area contributed by atoms with Gasteiger partial charge in [0.2, 0.25) is 0 Å². The maximum absolute atomic E-state index is 11.2. The molecule has 0 fully saturated rings. The van der Waals surface area contributed by atoms with Crippen LogP contribution in [0.15, 0.2) is 113 Å². The summed E-state index contributed by atoms with van der Waals surface area (Å²) < 4.78 is 0. The summed E-state index contributed by atoms with van der Waals surface area (Å²) in [7, 11) is 0. The SMILES string of the molecule is O=C(O)C=Cc1ccc(Sc2ccc(Cl)cc2)c([N+](=O)[O-])c1.O=C(O)CCc1c2ccccc2cc2ccccc12. The molecule has 0 bridgehead atoms. The van der Waals surface area contributed by atoms with Gasteiger partial charge in [-0.1, -0.05) is 78.0 Å². The Morgan fingerprint density at radius 1 is 0.854 bits per heavy atom. The van der Waals surface area contributed by atoms with Crippen molar-refractivity contribution in [1.82, 2.24) is 0 Å². The minimum absolute atomic E-state index is 0.0764. The number of nitrogens with zero attached hydrogens (tertiary/aromatic N) is 1. The van der Waals surface area contributed by atoms with Crippen LogP contribution >= 0.6 is 23.4 Å². The summed E-state index contributed by atoms with van der Waals surface area (Å²) in [6.07, 6.45) is 2.98. The molecule has 0 spiro atoms. The van der Waals surface area contributed by atoms with Crippen molar-refractivity contribution in [3.8, 4) is 0 Å². The standard InChI is InChI=1S/C17H14O2.C15H10ClNO4S/c18-17(19)10-9-16-14-7-3-1-5-12(14)11-13-6-2-4-8-15(13)16;16-11-3-5-12(6-4-11)22-14-7-1-10(2-8-15(18)19)9-13(14)17(20)21/h1-8,11H,9-10H2,(H,18,19);1-9H,(H,18,19). The lowest BCUT2D eigenvalue weighted by Gasteiger charge is -2.10. The summed E-state index contributed by atoms with van der Waals surface area (Å²) >= 11 is 7.05. The molecular formula is C32H24ClNO6S. The normalized spacial score (nSPS) is 10.9. The number of aryl methyl sites for hydroxylation is 1. The van der Waals surface area contributed by atoms with Gasteiger partial charge in [0.15, 0.2) is 0 Å². The van der Waals surface area contributed by atoms with E-state index in [1.54, 1.807) is 36.4 Å². The first-order valence-corrected chi connectivity index (χ1v) is 13.6. The number of nitro benzene ring substituents is 1. The fourth-order valence-corrected chi connectivity index (χ4v) is 5.30. The summed E-state index contributed by atoms with van der Waals surface area (Å²) in [6, 6.07) is 30.0. The zero-order valence-electron chi connectivity index (χ0n) is 21.6. The second-order valence-corrected chi connectivity index (χ2v) is 10.5. The summed E-state index contributed by atoms with van der Waals surface area (Å²) in [6.45, 7) is 0. The minimum atomic E-state index is -1.11. The number of aliphatic carboxylic acids is 2. The van der Waals surface area contributed by atoms with E-state index in [2.05, 4.69) is 30.3 Å². The van der Waals surface area contributed by atoms with Crippen molar-refractivity contribution in [3.05, 3.63) is 129 Å². The molecule has 0 heterocycles. The second kappa shape index (κ2) is 13.6. The quantitative estimate of drug-likeness (QED) is 0.0810. The number of halogens is 1. The van der Waals surface area contributed by atoms with Gasteiger partial charge in [0.1, 0.15) is 0 Å². The van der Waals surface area contributed by atoms with E-state index in [0.29, 0.717) is 21.9 Å². The van der Waals surface area contributed by atoms with Crippen LogP contribution in [0.25, 0.3) is 27.6 Å². The molecule has 5 rings (SSSR count). The topological polar surface area (TPSA) is 118 Å². The van der Waals surface area contributed by atoms with Crippen LogP contribution in [0.5, 0.6) is 0 Å². The highest BCUT2D eigenvalue weighted by molar-refractivity contribution is 7.99. The summed E-state index contributed by atoms with van der Waals surface area (Å²) in [5.74, 6) is -1.86. The first-order chi connectivity index (χ1) is 19.7. The van der Waals surface area contributed by atoms with Crippen LogP contribution in [0.1, 0.15) is 17.5 Å². The molecule has 5 aromatic carbocycles.